The molecule has 0 bridgehead atoms. The Kier molecular flexibility index (Phi) is 9.82. The number of anilines is 2. The zero-order valence-electron chi connectivity index (χ0n) is 15.9. The summed E-state index contributed by atoms with van der Waals surface area (Å²) in [6, 6.07) is 8.47. The van der Waals surface area contributed by atoms with Crippen molar-refractivity contribution in [2.45, 2.75) is 72.6 Å². The van der Waals surface area contributed by atoms with Crippen molar-refractivity contribution in [3.05, 3.63) is 24.3 Å². The summed E-state index contributed by atoms with van der Waals surface area (Å²) in [5.74, 6) is 1.59. The minimum absolute atomic E-state index is 0.793. The number of nitrogens with two attached hydrogens (primary N) is 1. The molecule has 0 saturated heterocycles. The van der Waals surface area contributed by atoms with Crippen molar-refractivity contribution in [3.8, 4) is 0 Å². The van der Waals surface area contributed by atoms with Crippen LogP contribution in [0.1, 0.15) is 72.6 Å². The molecule has 0 fully saturated rings. The lowest BCUT2D eigenvalue weighted by molar-refractivity contribution is 0.408. The van der Waals surface area contributed by atoms with Gasteiger partial charge in [-0.1, -0.05) is 59.8 Å². The van der Waals surface area contributed by atoms with E-state index in [0.717, 1.165) is 17.5 Å². The van der Waals surface area contributed by atoms with Gasteiger partial charge in [0, 0.05) is 24.5 Å². The highest BCUT2D eigenvalue weighted by Gasteiger charge is 2.17. The molecular weight excluding hydrogens is 280 g/mol. The Morgan fingerprint density at radius 2 is 1.39 bits per heavy atom. The summed E-state index contributed by atoms with van der Waals surface area (Å²) in [6.07, 6.45) is 9.14. The van der Waals surface area contributed by atoms with Crippen LogP contribution in [0.3, 0.4) is 0 Å². The van der Waals surface area contributed by atoms with Crippen molar-refractivity contribution in [2.75, 3.05) is 23.7 Å². The van der Waals surface area contributed by atoms with E-state index in [4.69, 9.17) is 5.73 Å². The number of nitrogens with zero attached hydrogens (tertiary/aromatic N) is 1. The second-order valence-electron chi connectivity index (χ2n) is 6.98. The molecule has 1 aromatic rings. The van der Waals surface area contributed by atoms with E-state index < -0.39 is 0 Å². The van der Waals surface area contributed by atoms with Crippen LogP contribution in [0.15, 0.2) is 24.3 Å². The van der Waals surface area contributed by atoms with E-state index in [2.05, 4.69) is 44.7 Å². The molecule has 0 saturated carbocycles. The molecule has 23 heavy (non-hydrogen) atoms. The first-order valence-electron chi connectivity index (χ1n) is 9.74. The number of rotatable bonds is 12. The van der Waals surface area contributed by atoms with Gasteiger partial charge in [-0.2, -0.15) is 0 Å². The predicted molar refractivity (Wildman–Crippen MR) is 105 cm³/mol. The molecule has 0 spiro atoms. The molecule has 0 aromatic heterocycles. The minimum atomic E-state index is 0.793. The minimum Gasteiger partial charge on any atom is -0.399 e. The van der Waals surface area contributed by atoms with E-state index in [0.29, 0.717) is 0 Å². The topological polar surface area (TPSA) is 29.3 Å². The molecule has 0 aliphatic rings. The summed E-state index contributed by atoms with van der Waals surface area (Å²) in [4.78, 5) is 2.62. The Balaban J connectivity index is 2.83. The van der Waals surface area contributed by atoms with Gasteiger partial charge in [0.25, 0.3) is 0 Å². The maximum absolute atomic E-state index is 5.88. The highest BCUT2D eigenvalue weighted by Crippen LogP contribution is 2.24. The van der Waals surface area contributed by atoms with Gasteiger partial charge in [0.05, 0.1) is 0 Å². The van der Waals surface area contributed by atoms with Gasteiger partial charge in [0.15, 0.2) is 0 Å². The van der Waals surface area contributed by atoms with Crippen LogP contribution in [-0.4, -0.2) is 13.1 Å². The summed E-state index contributed by atoms with van der Waals surface area (Å²) in [7, 11) is 0. The molecule has 2 atom stereocenters. The third-order valence-electron chi connectivity index (χ3n) is 5.03. The molecule has 1 aromatic carbocycles. The third kappa shape index (κ3) is 7.28. The number of unbranched alkanes of at least 4 members (excludes halogenated alkanes) is 1. The molecule has 0 aliphatic heterocycles. The van der Waals surface area contributed by atoms with Crippen LogP contribution in [0.2, 0.25) is 0 Å². The lowest BCUT2D eigenvalue weighted by atomic mass is 9.96. The van der Waals surface area contributed by atoms with Gasteiger partial charge in [-0.25, -0.2) is 0 Å². The summed E-state index contributed by atoms with van der Waals surface area (Å²) in [5, 5.41) is 0. The van der Waals surface area contributed by atoms with Gasteiger partial charge in [0.1, 0.15) is 0 Å². The van der Waals surface area contributed by atoms with Crippen molar-refractivity contribution in [2.24, 2.45) is 11.8 Å². The van der Waals surface area contributed by atoms with E-state index in [1.165, 1.54) is 63.7 Å². The second kappa shape index (κ2) is 11.4. The Labute approximate surface area is 144 Å². The van der Waals surface area contributed by atoms with Crippen molar-refractivity contribution >= 4 is 11.4 Å². The van der Waals surface area contributed by atoms with Crippen LogP contribution in [0.4, 0.5) is 11.4 Å². The molecule has 0 radical (unpaired) electrons. The lowest BCUT2D eigenvalue weighted by Crippen LogP contribution is -2.34. The highest BCUT2D eigenvalue weighted by molar-refractivity contribution is 5.53. The largest absolute Gasteiger partial charge is 0.399 e. The maximum atomic E-state index is 5.88. The Hall–Kier alpha value is -1.18. The Morgan fingerprint density at radius 1 is 0.826 bits per heavy atom. The van der Waals surface area contributed by atoms with E-state index in [-0.39, 0.29) is 0 Å². The smallest absolute Gasteiger partial charge is 0.0367 e. The zero-order chi connectivity index (χ0) is 17.1. The zero-order valence-corrected chi connectivity index (χ0v) is 15.9. The van der Waals surface area contributed by atoms with Crippen LogP contribution in [0.5, 0.6) is 0 Å². The van der Waals surface area contributed by atoms with Crippen LogP contribution in [0.25, 0.3) is 0 Å². The average Bonchev–Trinajstić information content (AvgIpc) is 2.57. The van der Waals surface area contributed by atoms with Gasteiger partial charge < -0.3 is 10.6 Å². The number of hydrogen-bond acceptors (Lipinski definition) is 2. The van der Waals surface area contributed by atoms with Crippen molar-refractivity contribution in [3.63, 3.8) is 0 Å². The van der Waals surface area contributed by atoms with E-state index >= 15 is 0 Å². The molecule has 2 nitrogen and oxygen atoms in total. The van der Waals surface area contributed by atoms with Gasteiger partial charge in [-0.3, -0.25) is 0 Å². The molecule has 132 valence electrons. The molecule has 2 heteroatoms. The van der Waals surface area contributed by atoms with E-state index in [1.54, 1.807) is 0 Å². The lowest BCUT2D eigenvalue weighted by Gasteiger charge is -2.32. The SMILES string of the molecule is CCCCC(CC)CN(CC(CC)CCC)c1ccc(N)cc1. The molecule has 0 heterocycles. The van der Waals surface area contributed by atoms with E-state index in [9.17, 15) is 0 Å². The van der Waals surface area contributed by atoms with Crippen LogP contribution < -0.4 is 10.6 Å². The summed E-state index contributed by atoms with van der Waals surface area (Å²) < 4.78 is 0. The highest BCUT2D eigenvalue weighted by atomic mass is 15.1. The number of nitrogen functional groups attached to an aromatic ring is 1. The number of hydrogen-bond donors (Lipinski definition) is 1. The Bertz CT molecular complexity index is 399. The van der Waals surface area contributed by atoms with Gasteiger partial charge in [0.2, 0.25) is 0 Å². The first kappa shape index (κ1) is 19.9. The monoisotopic (exact) mass is 318 g/mol. The second-order valence-corrected chi connectivity index (χ2v) is 6.98. The van der Waals surface area contributed by atoms with Crippen molar-refractivity contribution in [1.82, 2.24) is 0 Å². The van der Waals surface area contributed by atoms with Gasteiger partial charge in [-0.05, 0) is 48.9 Å². The molecule has 2 unspecified atom stereocenters. The quantitative estimate of drug-likeness (QED) is 0.470. The Morgan fingerprint density at radius 3 is 1.87 bits per heavy atom. The average molecular weight is 319 g/mol. The summed E-state index contributed by atoms with van der Waals surface area (Å²) >= 11 is 0. The van der Waals surface area contributed by atoms with E-state index in [1.807, 2.05) is 12.1 Å². The first-order valence-corrected chi connectivity index (χ1v) is 9.74. The predicted octanol–water partition coefficient (Wildman–Crippen LogP) is 6.12. The van der Waals surface area contributed by atoms with Crippen molar-refractivity contribution in [1.29, 1.82) is 0 Å². The first-order chi connectivity index (χ1) is 11.1. The van der Waals surface area contributed by atoms with Crippen molar-refractivity contribution < 1.29 is 0 Å². The molecule has 0 aliphatic carbocycles. The fraction of sp³-hybridized carbons (Fsp3) is 0.714. The summed E-state index contributed by atoms with van der Waals surface area (Å²) in [5.41, 5.74) is 8.07. The molecule has 2 N–H and O–H groups in total. The standard InChI is InChI=1S/C21H38N2/c1-5-9-11-19(8-4)17-23(16-18(7-3)10-6-2)21-14-12-20(22)13-15-21/h12-15,18-19H,5-11,16-17,22H2,1-4H3. The summed E-state index contributed by atoms with van der Waals surface area (Å²) in [6.45, 7) is 11.6. The fourth-order valence-electron chi connectivity index (χ4n) is 3.34. The molecule has 1 rings (SSSR count). The maximum Gasteiger partial charge on any atom is 0.0367 e. The third-order valence-corrected chi connectivity index (χ3v) is 5.03. The van der Waals surface area contributed by atoms with Crippen LogP contribution in [0, 0.1) is 11.8 Å². The normalized spacial score (nSPS) is 13.7. The number of benzene rings is 1. The van der Waals surface area contributed by atoms with Gasteiger partial charge in [-0.15, -0.1) is 0 Å². The van der Waals surface area contributed by atoms with Gasteiger partial charge >= 0.3 is 0 Å². The fourth-order valence-corrected chi connectivity index (χ4v) is 3.34. The van der Waals surface area contributed by atoms with Crippen LogP contribution in [-0.2, 0) is 0 Å². The molecular formula is C21H38N2. The molecule has 0 amide bonds. The van der Waals surface area contributed by atoms with Crippen LogP contribution >= 0.6 is 0 Å².